The lowest BCUT2D eigenvalue weighted by Gasteiger charge is -2.14. The zero-order chi connectivity index (χ0) is 12.3. The summed E-state index contributed by atoms with van der Waals surface area (Å²) in [5, 5.41) is 6.81. The zero-order valence-corrected chi connectivity index (χ0v) is 9.98. The summed E-state index contributed by atoms with van der Waals surface area (Å²) < 4.78 is 15.9. The van der Waals surface area contributed by atoms with Crippen LogP contribution >= 0.6 is 0 Å². The number of rotatable bonds is 4. The van der Waals surface area contributed by atoms with Gasteiger partial charge in [0.1, 0.15) is 0 Å². The summed E-state index contributed by atoms with van der Waals surface area (Å²) in [7, 11) is 4.77. The highest BCUT2D eigenvalue weighted by atomic mass is 16.5. The zero-order valence-electron chi connectivity index (χ0n) is 9.98. The van der Waals surface area contributed by atoms with Gasteiger partial charge in [0.05, 0.1) is 27.0 Å². The van der Waals surface area contributed by atoms with E-state index >= 15 is 0 Å². The minimum Gasteiger partial charge on any atom is -0.493 e. The molecule has 0 aliphatic rings. The average Bonchev–Trinajstić information content (AvgIpc) is 2.90. The maximum absolute atomic E-state index is 5.38. The molecular formula is C12H14N2O3. The fourth-order valence-electron chi connectivity index (χ4n) is 1.72. The number of ether oxygens (including phenoxy) is 3. The summed E-state index contributed by atoms with van der Waals surface area (Å²) in [6, 6.07) is 5.59. The smallest absolute Gasteiger partial charge is 0.203 e. The summed E-state index contributed by atoms with van der Waals surface area (Å²) in [5.41, 5.74) is 1.74. The van der Waals surface area contributed by atoms with Gasteiger partial charge < -0.3 is 14.2 Å². The van der Waals surface area contributed by atoms with Crippen molar-refractivity contribution in [1.29, 1.82) is 0 Å². The second-order valence-electron chi connectivity index (χ2n) is 3.35. The lowest BCUT2D eigenvalue weighted by molar-refractivity contribution is 0.325. The van der Waals surface area contributed by atoms with E-state index in [1.54, 1.807) is 27.5 Å². The Morgan fingerprint density at radius 1 is 0.941 bits per heavy atom. The minimum absolute atomic E-state index is 0.571. The first-order chi connectivity index (χ1) is 8.31. The number of methoxy groups -OCH3 is 3. The number of aromatic amines is 1. The molecule has 17 heavy (non-hydrogen) atoms. The van der Waals surface area contributed by atoms with Crippen LogP contribution in [0.1, 0.15) is 0 Å². The average molecular weight is 234 g/mol. The Hall–Kier alpha value is -2.17. The van der Waals surface area contributed by atoms with E-state index in [1.807, 2.05) is 18.2 Å². The predicted molar refractivity (Wildman–Crippen MR) is 63.7 cm³/mol. The van der Waals surface area contributed by atoms with Crippen LogP contribution in [-0.4, -0.2) is 31.5 Å². The Labute approximate surface area is 99.3 Å². The molecule has 90 valence electrons. The summed E-state index contributed by atoms with van der Waals surface area (Å²) >= 11 is 0. The Morgan fingerprint density at radius 3 is 2.24 bits per heavy atom. The molecule has 1 aromatic carbocycles. The molecule has 0 aliphatic carbocycles. The van der Waals surface area contributed by atoms with Gasteiger partial charge in [-0.05, 0) is 18.2 Å². The van der Waals surface area contributed by atoms with E-state index in [1.165, 1.54) is 0 Å². The molecule has 0 aliphatic heterocycles. The van der Waals surface area contributed by atoms with Crippen molar-refractivity contribution in [3.63, 3.8) is 0 Å². The van der Waals surface area contributed by atoms with Gasteiger partial charge in [-0.25, -0.2) is 0 Å². The van der Waals surface area contributed by atoms with E-state index in [9.17, 15) is 0 Å². The second kappa shape index (κ2) is 4.78. The molecular weight excluding hydrogens is 220 g/mol. The lowest BCUT2D eigenvalue weighted by Crippen LogP contribution is -1.96. The molecule has 0 radical (unpaired) electrons. The van der Waals surface area contributed by atoms with Crippen molar-refractivity contribution in [2.75, 3.05) is 21.3 Å². The highest BCUT2D eigenvalue weighted by Crippen LogP contribution is 2.43. The van der Waals surface area contributed by atoms with Gasteiger partial charge in [0.2, 0.25) is 5.75 Å². The van der Waals surface area contributed by atoms with E-state index in [0.29, 0.717) is 17.2 Å². The molecule has 0 saturated carbocycles. The van der Waals surface area contributed by atoms with Crippen LogP contribution < -0.4 is 14.2 Å². The first-order valence-corrected chi connectivity index (χ1v) is 5.10. The van der Waals surface area contributed by atoms with E-state index < -0.39 is 0 Å². The summed E-state index contributed by atoms with van der Waals surface area (Å²) in [6.07, 6.45) is 1.69. The number of hydrogen-bond acceptors (Lipinski definition) is 4. The molecule has 0 bridgehead atoms. The quantitative estimate of drug-likeness (QED) is 0.880. The first kappa shape index (κ1) is 11.3. The van der Waals surface area contributed by atoms with Crippen molar-refractivity contribution in [3.05, 3.63) is 24.4 Å². The maximum Gasteiger partial charge on any atom is 0.203 e. The van der Waals surface area contributed by atoms with Crippen molar-refractivity contribution >= 4 is 0 Å². The van der Waals surface area contributed by atoms with Crippen molar-refractivity contribution < 1.29 is 14.2 Å². The molecule has 0 unspecified atom stereocenters. The number of nitrogens with zero attached hydrogens (tertiary/aromatic N) is 1. The standard InChI is InChI=1S/C12H14N2O3/c1-15-10-5-4-8(9-6-7-13-14-9)11(16-2)12(10)17-3/h4-7H,1-3H3,(H,13,14). The fourth-order valence-corrected chi connectivity index (χ4v) is 1.72. The molecule has 0 spiro atoms. The van der Waals surface area contributed by atoms with Gasteiger partial charge in [-0.1, -0.05) is 0 Å². The molecule has 0 atom stereocenters. The van der Waals surface area contributed by atoms with Crippen LogP contribution in [0, 0.1) is 0 Å². The van der Waals surface area contributed by atoms with Crippen LogP contribution in [-0.2, 0) is 0 Å². The Balaban J connectivity index is 2.61. The number of hydrogen-bond donors (Lipinski definition) is 1. The Bertz CT molecular complexity index is 495. The molecule has 2 rings (SSSR count). The van der Waals surface area contributed by atoms with Crippen molar-refractivity contribution in [1.82, 2.24) is 10.2 Å². The topological polar surface area (TPSA) is 56.4 Å². The third-order valence-corrected chi connectivity index (χ3v) is 2.50. The summed E-state index contributed by atoms with van der Waals surface area (Å²) in [4.78, 5) is 0. The minimum atomic E-state index is 0.571. The third kappa shape index (κ3) is 1.91. The van der Waals surface area contributed by atoms with E-state index in [0.717, 1.165) is 11.3 Å². The molecule has 0 amide bonds. The number of H-pyrrole nitrogens is 1. The van der Waals surface area contributed by atoms with Crippen LogP contribution in [0.15, 0.2) is 24.4 Å². The van der Waals surface area contributed by atoms with Gasteiger partial charge in [0.25, 0.3) is 0 Å². The molecule has 0 saturated heterocycles. The monoisotopic (exact) mass is 234 g/mol. The molecule has 1 aromatic heterocycles. The highest BCUT2D eigenvalue weighted by Gasteiger charge is 2.17. The van der Waals surface area contributed by atoms with Gasteiger partial charge in [0, 0.05) is 11.8 Å². The van der Waals surface area contributed by atoms with Crippen LogP contribution in [0.4, 0.5) is 0 Å². The predicted octanol–water partition coefficient (Wildman–Crippen LogP) is 2.10. The number of benzene rings is 1. The van der Waals surface area contributed by atoms with Crippen molar-refractivity contribution in [2.24, 2.45) is 0 Å². The van der Waals surface area contributed by atoms with Crippen LogP contribution in [0.3, 0.4) is 0 Å². The van der Waals surface area contributed by atoms with Gasteiger partial charge in [-0.2, -0.15) is 5.10 Å². The SMILES string of the molecule is COc1ccc(-c2ccn[nH]2)c(OC)c1OC. The van der Waals surface area contributed by atoms with Gasteiger partial charge in [-0.3, -0.25) is 5.10 Å². The molecule has 5 nitrogen and oxygen atoms in total. The second-order valence-corrected chi connectivity index (χ2v) is 3.35. The molecule has 0 fully saturated rings. The Morgan fingerprint density at radius 2 is 1.71 bits per heavy atom. The molecule has 5 heteroatoms. The number of nitrogens with one attached hydrogen (secondary N) is 1. The van der Waals surface area contributed by atoms with E-state index in [-0.39, 0.29) is 0 Å². The van der Waals surface area contributed by atoms with Gasteiger partial charge >= 0.3 is 0 Å². The first-order valence-electron chi connectivity index (χ1n) is 5.10. The summed E-state index contributed by atoms with van der Waals surface area (Å²) in [6.45, 7) is 0. The van der Waals surface area contributed by atoms with Gasteiger partial charge in [0.15, 0.2) is 11.5 Å². The highest BCUT2D eigenvalue weighted by molar-refractivity contribution is 5.73. The van der Waals surface area contributed by atoms with Crippen molar-refractivity contribution in [2.45, 2.75) is 0 Å². The summed E-state index contributed by atoms with van der Waals surface area (Å²) in [5.74, 6) is 1.82. The van der Waals surface area contributed by atoms with Crippen LogP contribution in [0.25, 0.3) is 11.3 Å². The largest absolute Gasteiger partial charge is 0.493 e. The number of aromatic nitrogens is 2. The molecule has 2 aromatic rings. The normalized spacial score (nSPS) is 10.1. The fraction of sp³-hybridized carbons (Fsp3) is 0.250. The van der Waals surface area contributed by atoms with E-state index in [2.05, 4.69) is 10.2 Å². The van der Waals surface area contributed by atoms with Crippen molar-refractivity contribution in [3.8, 4) is 28.5 Å². The molecule has 1 heterocycles. The van der Waals surface area contributed by atoms with E-state index in [4.69, 9.17) is 14.2 Å². The lowest BCUT2D eigenvalue weighted by atomic mass is 10.1. The van der Waals surface area contributed by atoms with Gasteiger partial charge in [-0.15, -0.1) is 0 Å². The maximum atomic E-state index is 5.38. The van der Waals surface area contributed by atoms with Crippen LogP contribution in [0.5, 0.6) is 17.2 Å². The van der Waals surface area contributed by atoms with Crippen LogP contribution in [0.2, 0.25) is 0 Å². The Kier molecular flexibility index (Phi) is 3.18. The molecule has 1 N–H and O–H groups in total. The third-order valence-electron chi connectivity index (χ3n) is 2.50.